The number of carbonyl (C=O) groups is 2. The van der Waals surface area contributed by atoms with Crippen molar-refractivity contribution in [2.45, 2.75) is 52.1 Å². The minimum atomic E-state index is -0.195. The molecule has 4 heteroatoms. The van der Waals surface area contributed by atoms with Crippen molar-refractivity contribution < 1.29 is 14.3 Å². The van der Waals surface area contributed by atoms with Gasteiger partial charge in [0.05, 0.1) is 5.92 Å². The van der Waals surface area contributed by atoms with E-state index in [0.29, 0.717) is 19.4 Å². The van der Waals surface area contributed by atoms with E-state index in [1.165, 1.54) is 5.56 Å². The maximum Gasteiger partial charge on any atom is 0.306 e. The van der Waals surface area contributed by atoms with Gasteiger partial charge in [0.15, 0.2) is 0 Å². The summed E-state index contributed by atoms with van der Waals surface area (Å²) in [7, 11) is 0. The molecule has 0 spiro atoms. The molecule has 1 saturated heterocycles. The zero-order valence-electron chi connectivity index (χ0n) is 13.6. The van der Waals surface area contributed by atoms with Crippen LogP contribution in [0.25, 0.3) is 0 Å². The normalized spacial score (nSPS) is 17.6. The standard InChI is InChI=1S/C18H25NO3/c1-18(2,3)15-9-7-13(8-10-15)12-22-16(20)6-4-5-14-11-19-17(14)21/h7-10,14H,4-6,11-12H2,1-3H3,(H,19,21). The van der Waals surface area contributed by atoms with Crippen LogP contribution in [0, 0.1) is 5.92 Å². The lowest BCUT2D eigenvalue weighted by Crippen LogP contribution is -2.48. The SMILES string of the molecule is CC(C)(C)c1ccc(COC(=O)CCCC2CNC2=O)cc1. The first-order valence-electron chi connectivity index (χ1n) is 7.89. The number of rotatable bonds is 6. The summed E-state index contributed by atoms with van der Waals surface area (Å²) in [6, 6.07) is 8.18. The van der Waals surface area contributed by atoms with E-state index in [9.17, 15) is 9.59 Å². The molecule has 0 bridgehead atoms. The Labute approximate surface area is 132 Å². The third kappa shape index (κ3) is 4.58. The van der Waals surface area contributed by atoms with Crippen molar-refractivity contribution in [1.82, 2.24) is 5.32 Å². The fourth-order valence-electron chi connectivity index (χ4n) is 2.39. The second-order valence-electron chi connectivity index (χ2n) is 6.94. The van der Waals surface area contributed by atoms with E-state index in [2.05, 4.69) is 38.2 Å². The van der Waals surface area contributed by atoms with Crippen LogP contribution in [0.15, 0.2) is 24.3 Å². The molecule has 1 N–H and O–H groups in total. The van der Waals surface area contributed by atoms with Gasteiger partial charge in [-0.25, -0.2) is 0 Å². The van der Waals surface area contributed by atoms with Gasteiger partial charge in [-0.2, -0.15) is 0 Å². The van der Waals surface area contributed by atoms with Gasteiger partial charge in [-0.05, 0) is 29.4 Å². The molecule has 1 aliphatic rings. The Balaban J connectivity index is 1.68. The Morgan fingerprint density at radius 1 is 1.27 bits per heavy atom. The molecule has 120 valence electrons. The second kappa shape index (κ2) is 6.95. The molecule has 1 aromatic carbocycles. The molecular weight excluding hydrogens is 278 g/mol. The monoisotopic (exact) mass is 303 g/mol. The number of hydrogen-bond donors (Lipinski definition) is 1. The quantitative estimate of drug-likeness (QED) is 0.649. The molecule has 0 aliphatic carbocycles. The van der Waals surface area contributed by atoms with Crippen molar-refractivity contribution in [1.29, 1.82) is 0 Å². The van der Waals surface area contributed by atoms with E-state index in [4.69, 9.17) is 4.74 Å². The minimum Gasteiger partial charge on any atom is -0.461 e. The smallest absolute Gasteiger partial charge is 0.306 e. The molecule has 0 saturated carbocycles. The Bertz CT molecular complexity index is 528. The van der Waals surface area contributed by atoms with E-state index in [-0.39, 0.29) is 23.2 Å². The van der Waals surface area contributed by atoms with Crippen LogP contribution in [0.1, 0.15) is 51.2 Å². The molecular formula is C18H25NO3. The average molecular weight is 303 g/mol. The van der Waals surface area contributed by atoms with Crippen molar-refractivity contribution >= 4 is 11.9 Å². The summed E-state index contributed by atoms with van der Waals surface area (Å²) >= 11 is 0. The number of ether oxygens (including phenoxy) is 1. The van der Waals surface area contributed by atoms with E-state index in [1.807, 2.05) is 12.1 Å². The minimum absolute atomic E-state index is 0.0951. The zero-order valence-corrected chi connectivity index (χ0v) is 13.6. The molecule has 1 fully saturated rings. The van der Waals surface area contributed by atoms with Crippen LogP contribution in [0.5, 0.6) is 0 Å². The highest BCUT2D eigenvalue weighted by molar-refractivity contribution is 5.84. The first kappa shape index (κ1) is 16.5. The number of esters is 1. The molecule has 4 nitrogen and oxygen atoms in total. The molecule has 22 heavy (non-hydrogen) atoms. The van der Waals surface area contributed by atoms with Crippen LogP contribution in [0.4, 0.5) is 0 Å². The van der Waals surface area contributed by atoms with Gasteiger partial charge in [-0.1, -0.05) is 45.0 Å². The number of amides is 1. The van der Waals surface area contributed by atoms with Gasteiger partial charge in [-0.3, -0.25) is 9.59 Å². The van der Waals surface area contributed by atoms with E-state index < -0.39 is 0 Å². The summed E-state index contributed by atoms with van der Waals surface area (Å²) in [5.74, 6) is 0.00433. The van der Waals surface area contributed by atoms with Crippen LogP contribution in [-0.4, -0.2) is 18.4 Å². The number of benzene rings is 1. The summed E-state index contributed by atoms with van der Waals surface area (Å²) in [6.07, 6.45) is 1.85. The number of β-lactam (4-membered cyclic amide) rings is 1. The molecule has 1 aromatic rings. The van der Waals surface area contributed by atoms with Crippen LogP contribution in [-0.2, 0) is 26.3 Å². The van der Waals surface area contributed by atoms with Gasteiger partial charge in [-0.15, -0.1) is 0 Å². The van der Waals surface area contributed by atoms with Crippen LogP contribution < -0.4 is 5.32 Å². The summed E-state index contributed by atoms with van der Waals surface area (Å²) in [6.45, 7) is 7.57. The van der Waals surface area contributed by atoms with Crippen molar-refractivity contribution in [2.24, 2.45) is 5.92 Å². The van der Waals surface area contributed by atoms with Gasteiger partial charge in [0.2, 0.25) is 5.91 Å². The van der Waals surface area contributed by atoms with Gasteiger partial charge >= 0.3 is 5.97 Å². The second-order valence-corrected chi connectivity index (χ2v) is 6.94. The first-order valence-corrected chi connectivity index (χ1v) is 7.89. The average Bonchev–Trinajstić information content (AvgIpc) is 2.47. The molecule has 1 unspecified atom stereocenters. The Morgan fingerprint density at radius 2 is 1.95 bits per heavy atom. The van der Waals surface area contributed by atoms with Gasteiger partial charge in [0.25, 0.3) is 0 Å². The predicted molar refractivity (Wildman–Crippen MR) is 85.3 cm³/mol. The van der Waals surface area contributed by atoms with E-state index in [0.717, 1.165) is 18.5 Å². The highest BCUT2D eigenvalue weighted by Gasteiger charge is 2.26. The Morgan fingerprint density at radius 3 is 2.45 bits per heavy atom. The molecule has 0 aromatic heterocycles. The van der Waals surface area contributed by atoms with Crippen molar-refractivity contribution in [3.8, 4) is 0 Å². The summed E-state index contributed by atoms with van der Waals surface area (Å²) < 4.78 is 5.27. The topological polar surface area (TPSA) is 55.4 Å². The number of hydrogen-bond acceptors (Lipinski definition) is 3. The van der Waals surface area contributed by atoms with Gasteiger partial charge < -0.3 is 10.1 Å². The molecule has 2 rings (SSSR count). The maximum absolute atomic E-state index is 11.7. The predicted octanol–water partition coefficient (Wildman–Crippen LogP) is 2.94. The fraction of sp³-hybridized carbons (Fsp3) is 0.556. The lowest BCUT2D eigenvalue weighted by molar-refractivity contribution is -0.145. The Kier molecular flexibility index (Phi) is 5.22. The van der Waals surface area contributed by atoms with E-state index in [1.54, 1.807) is 0 Å². The zero-order chi connectivity index (χ0) is 16.2. The van der Waals surface area contributed by atoms with Gasteiger partial charge in [0.1, 0.15) is 6.61 Å². The third-order valence-electron chi connectivity index (χ3n) is 4.05. The fourth-order valence-corrected chi connectivity index (χ4v) is 2.39. The summed E-state index contributed by atoms with van der Waals surface area (Å²) in [5.41, 5.74) is 2.39. The van der Waals surface area contributed by atoms with Crippen molar-refractivity contribution in [3.63, 3.8) is 0 Å². The maximum atomic E-state index is 11.7. The molecule has 1 aliphatic heterocycles. The molecule has 1 amide bonds. The lowest BCUT2D eigenvalue weighted by atomic mass is 9.87. The third-order valence-corrected chi connectivity index (χ3v) is 4.05. The molecule has 1 atom stereocenters. The number of carbonyl (C=O) groups excluding carboxylic acids is 2. The first-order chi connectivity index (χ1) is 10.4. The Hall–Kier alpha value is -1.84. The van der Waals surface area contributed by atoms with Crippen LogP contribution in [0.3, 0.4) is 0 Å². The van der Waals surface area contributed by atoms with E-state index >= 15 is 0 Å². The summed E-state index contributed by atoms with van der Waals surface area (Å²) in [4.78, 5) is 22.8. The highest BCUT2D eigenvalue weighted by Crippen LogP contribution is 2.22. The largest absolute Gasteiger partial charge is 0.461 e. The highest BCUT2D eigenvalue weighted by atomic mass is 16.5. The van der Waals surface area contributed by atoms with Gasteiger partial charge in [0, 0.05) is 13.0 Å². The van der Waals surface area contributed by atoms with Crippen LogP contribution >= 0.6 is 0 Å². The van der Waals surface area contributed by atoms with Crippen molar-refractivity contribution in [3.05, 3.63) is 35.4 Å². The number of nitrogens with one attached hydrogen (secondary N) is 1. The molecule has 1 heterocycles. The van der Waals surface area contributed by atoms with Crippen molar-refractivity contribution in [2.75, 3.05) is 6.54 Å². The van der Waals surface area contributed by atoms with Crippen LogP contribution in [0.2, 0.25) is 0 Å². The molecule has 0 radical (unpaired) electrons. The summed E-state index contributed by atoms with van der Waals surface area (Å²) in [5, 5.41) is 2.70. The lowest BCUT2D eigenvalue weighted by Gasteiger charge is -2.25.